The van der Waals surface area contributed by atoms with E-state index in [1.165, 1.54) is 11.3 Å². The molecule has 6 nitrogen and oxygen atoms in total. The lowest BCUT2D eigenvalue weighted by molar-refractivity contribution is 0.0905. The number of nitrogens with zero attached hydrogens (tertiary/aromatic N) is 3. The lowest BCUT2D eigenvalue weighted by Gasteiger charge is -2.24. The molecule has 0 saturated carbocycles. The molecule has 5 rings (SSSR count). The van der Waals surface area contributed by atoms with Crippen molar-refractivity contribution >= 4 is 37.5 Å². The van der Waals surface area contributed by atoms with Crippen LogP contribution in [0.5, 0.6) is 0 Å². The summed E-state index contributed by atoms with van der Waals surface area (Å²) in [4.78, 5) is 23.1. The Morgan fingerprint density at radius 1 is 1.14 bits per heavy atom. The summed E-state index contributed by atoms with van der Waals surface area (Å²) >= 11 is 1.40. The van der Waals surface area contributed by atoms with Gasteiger partial charge in [-0.25, -0.2) is 9.97 Å². The first-order valence-corrected chi connectivity index (χ1v) is 10.2. The Labute approximate surface area is 165 Å². The van der Waals surface area contributed by atoms with Crippen LogP contribution >= 0.6 is 11.3 Å². The highest BCUT2D eigenvalue weighted by atomic mass is 32.1. The van der Waals surface area contributed by atoms with Crippen molar-refractivity contribution in [1.82, 2.24) is 14.5 Å². The molecule has 1 aromatic carbocycles. The van der Waals surface area contributed by atoms with E-state index in [1.807, 2.05) is 37.3 Å². The number of benzene rings is 1. The van der Waals surface area contributed by atoms with E-state index in [2.05, 4.69) is 15.3 Å². The standard InChI is InChI=1S/C21H20N4O2S/c1-13-2-4-15(5-3-13)25-12-23-18-17-16(24-14-7-10-27-11-8-14)6-9-22-20(17)28-19(18)21(25)26/h2-6,9,12,14H,7-8,10-11H2,1H3,(H,22,24). The number of aryl methyl sites for hydroxylation is 1. The summed E-state index contributed by atoms with van der Waals surface area (Å²) in [5.74, 6) is 0. The molecule has 0 aliphatic carbocycles. The number of thiophene rings is 1. The molecule has 4 aromatic rings. The van der Waals surface area contributed by atoms with E-state index < -0.39 is 0 Å². The Morgan fingerprint density at radius 2 is 1.93 bits per heavy atom. The molecule has 142 valence electrons. The van der Waals surface area contributed by atoms with Gasteiger partial charge in [0, 0.05) is 31.1 Å². The molecule has 4 heterocycles. The molecule has 0 bridgehead atoms. The minimum Gasteiger partial charge on any atom is -0.381 e. The van der Waals surface area contributed by atoms with E-state index in [0.29, 0.717) is 10.7 Å². The predicted octanol–water partition coefficient (Wildman–Crippen LogP) is 3.89. The third kappa shape index (κ3) is 2.96. The van der Waals surface area contributed by atoms with Crippen LogP contribution in [0.15, 0.2) is 47.7 Å². The molecular formula is C21H20N4O2S. The molecule has 1 N–H and O–H groups in total. The second-order valence-corrected chi connectivity index (χ2v) is 8.10. The molecule has 0 atom stereocenters. The van der Waals surface area contributed by atoms with E-state index in [1.54, 1.807) is 17.1 Å². The van der Waals surface area contributed by atoms with Crippen molar-refractivity contribution in [3.63, 3.8) is 0 Å². The van der Waals surface area contributed by atoms with Gasteiger partial charge in [0.1, 0.15) is 15.9 Å². The SMILES string of the molecule is Cc1ccc(-n2cnc3c(sc4nccc(NC5CCOCC5)c43)c2=O)cc1. The molecule has 28 heavy (non-hydrogen) atoms. The highest BCUT2D eigenvalue weighted by molar-refractivity contribution is 7.25. The summed E-state index contributed by atoms with van der Waals surface area (Å²) in [6.45, 7) is 3.57. The molecule has 0 spiro atoms. The van der Waals surface area contributed by atoms with Gasteiger partial charge in [0.05, 0.1) is 16.6 Å². The van der Waals surface area contributed by atoms with Gasteiger partial charge in [0.15, 0.2) is 0 Å². The number of hydrogen-bond donors (Lipinski definition) is 1. The van der Waals surface area contributed by atoms with Crippen LogP contribution in [0.25, 0.3) is 26.1 Å². The van der Waals surface area contributed by atoms with Gasteiger partial charge in [0.25, 0.3) is 5.56 Å². The largest absolute Gasteiger partial charge is 0.381 e. The van der Waals surface area contributed by atoms with Gasteiger partial charge in [-0.2, -0.15) is 0 Å². The fourth-order valence-electron chi connectivity index (χ4n) is 3.62. The average Bonchev–Trinajstić information content (AvgIpc) is 3.11. The van der Waals surface area contributed by atoms with Crippen LogP contribution in [0.1, 0.15) is 18.4 Å². The summed E-state index contributed by atoms with van der Waals surface area (Å²) in [7, 11) is 0. The smallest absolute Gasteiger partial charge is 0.275 e. The quantitative estimate of drug-likeness (QED) is 0.573. The van der Waals surface area contributed by atoms with Crippen molar-refractivity contribution in [2.24, 2.45) is 0 Å². The highest BCUT2D eigenvalue weighted by Crippen LogP contribution is 2.35. The fraction of sp³-hybridized carbons (Fsp3) is 0.286. The van der Waals surface area contributed by atoms with Crippen LogP contribution in [-0.2, 0) is 4.74 Å². The zero-order chi connectivity index (χ0) is 19.1. The molecular weight excluding hydrogens is 372 g/mol. The first-order chi connectivity index (χ1) is 13.7. The van der Waals surface area contributed by atoms with E-state index >= 15 is 0 Å². The third-order valence-corrected chi connectivity index (χ3v) is 6.25. The Hall–Kier alpha value is -2.77. The number of rotatable bonds is 3. The third-order valence-electron chi connectivity index (χ3n) is 5.18. The Balaban J connectivity index is 1.64. The zero-order valence-electron chi connectivity index (χ0n) is 15.5. The Morgan fingerprint density at radius 3 is 2.71 bits per heavy atom. The minimum absolute atomic E-state index is 0.0612. The van der Waals surface area contributed by atoms with Crippen molar-refractivity contribution in [1.29, 1.82) is 0 Å². The normalized spacial score (nSPS) is 15.3. The maximum Gasteiger partial charge on any atom is 0.275 e. The Kier molecular flexibility index (Phi) is 4.33. The fourth-order valence-corrected chi connectivity index (χ4v) is 4.68. The summed E-state index contributed by atoms with van der Waals surface area (Å²) < 4.78 is 7.68. The van der Waals surface area contributed by atoms with Crippen LogP contribution in [0.4, 0.5) is 5.69 Å². The number of hydrogen-bond acceptors (Lipinski definition) is 6. The number of aromatic nitrogens is 3. The number of fused-ring (bicyclic) bond motifs is 3. The monoisotopic (exact) mass is 392 g/mol. The summed E-state index contributed by atoms with van der Waals surface area (Å²) in [5, 5.41) is 4.54. The summed E-state index contributed by atoms with van der Waals surface area (Å²) in [6, 6.07) is 10.2. The molecule has 1 aliphatic rings. The van der Waals surface area contributed by atoms with Crippen LogP contribution in [0.2, 0.25) is 0 Å². The second kappa shape index (κ2) is 7.00. The van der Waals surface area contributed by atoms with Gasteiger partial charge >= 0.3 is 0 Å². The van der Waals surface area contributed by atoms with Crippen molar-refractivity contribution in [2.45, 2.75) is 25.8 Å². The maximum atomic E-state index is 13.2. The van der Waals surface area contributed by atoms with Crippen LogP contribution in [0, 0.1) is 6.92 Å². The highest BCUT2D eigenvalue weighted by Gasteiger charge is 2.19. The molecule has 1 aliphatic heterocycles. The topological polar surface area (TPSA) is 69.0 Å². The number of nitrogens with one attached hydrogen (secondary N) is 1. The number of anilines is 1. The van der Waals surface area contributed by atoms with Gasteiger partial charge in [-0.1, -0.05) is 17.7 Å². The van der Waals surface area contributed by atoms with E-state index in [0.717, 1.165) is 58.7 Å². The van der Waals surface area contributed by atoms with Gasteiger partial charge in [-0.3, -0.25) is 9.36 Å². The number of ether oxygens (including phenoxy) is 1. The molecule has 1 fully saturated rings. The Bertz CT molecular complexity index is 1210. The van der Waals surface area contributed by atoms with Crippen molar-refractivity contribution in [3.8, 4) is 5.69 Å². The minimum atomic E-state index is -0.0612. The molecule has 0 amide bonds. The van der Waals surface area contributed by atoms with E-state index in [-0.39, 0.29) is 5.56 Å². The number of pyridine rings is 1. The van der Waals surface area contributed by atoms with Gasteiger partial charge in [-0.15, -0.1) is 11.3 Å². The van der Waals surface area contributed by atoms with Crippen LogP contribution in [0.3, 0.4) is 0 Å². The molecule has 1 saturated heterocycles. The van der Waals surface area contributed by atoms with Gasteiger partial charge < -0.3 is 10.1 Å². The predicted molar refractivity (Wildman–Crippen MR) is 113 cm³/mol. The lowest BCUT2D eigenvalue weighted by Crippen LogP contribution is -2.27. The van der Waals surface area contributed by atoms with E-state index in [9.17, 15) is 4.79 Å². The molecule has 0 unspecified atom stereocenters. The van der Waals surface area contributed by atoms with Crippen molar-refractivity contribution in [2.75, 3.05) is 18.5 Å². The van der Waals surface area contributed by atoms with Crippen molar-refractivity contribution < 1.29 is 4.74 Å². The second-order valence-electron chi connectivity index (χ2n) is 7.10. The summed E-state index contributed by atoms with van der Waals surface area (Å²) in [6.07, 6.45) is 5.35. The van der Waals surface area contributed by atoms with Gasteiger partial charge in [-0.05, 0) is 38.0 Å². The average molecular weight is 392 g/mol. The first kappa shape index (κ1) is 17.3. The van der Waals surface area contributed by atoms with Crippen molar-refractivity contribution in [3.05, 3.63) is 58.8 Å². The first-order valence-electron chi connectivity index (χ1n) is 9.41. The molecule has 7 heteroatoms. The summed E-state index contributed by atoms with van der Waals surface area (Å²) in [5.41, 5.74) is 3.62. The zero-order valence-corrected chi connectivity index (χ0v) is 16.3. The molecule has 0 radical (unpaired) electrons. The van der Waals surface area contributed by atoms with Gasteiger partial charge in [0.2, 0.25) is 0 Å². The molecule has 3 aromatic heterocycles. The van der Waals surface area contributed by atoms with Crippen LogP contribution < -0.4 is 10.9 Å². The maximum absolute atomic E-state index is 13.2. The van der Waals surface area contributed by atoms with Crippen LogP contribution in [-0.4, -0.2) is 33.8 Å². The lowest BCUT2D eigenvalue weighted by atomic mass is 10.1. The van der Waals surface area contributed by atoms with E-state index in [4.69, 9.17) is 4.74 Å².